The number of nitrogen functional groups attached to an aromatic ring is 1. The van der Waals surface area contributed by atoms with Crippen LogP contribution in [-0.2, 0) is 42.9 Å². The van der Waals surface area contributed by atoms with Gasteiger partial charge in [0.1, 0.15) is 23.8 Å². The van der Waals surface area contributed by atoms with Crippen molar-refractivity contribution in [1.29, 1.82) is 0 Å². The molecule has 0 aliphatic carbocycles. The number of ether oxygens (including phenoxy) is 1. The van der Waals surface area contributed by atoms with Crippen molar-refractivity contribution in [2.75, 3.05) is 36.9 Å². The Morgan fingerprint density at radius 3 is 2.65 bits per heavy atom. The summed E-state index contributed by atoms with van der Waals surface area (Å²) in [6.07, 6.45) is -0.325. The number of carbonyl (C=O) groups excluding carboxylic acids is 1. The quantitative estimate of drug-likeness (QED) is 0.495. The number of likely N-dealkylation sites (tertiary alicyclic amines) is 1. The highest BCUT2D eigenvalue weighted by atomic mass is 19.4. The lowest BCUT2D eigenvalue weighted by atomic mass is 9.75. The molecule has 1 atom stereocenters. The first-order valence-electron chi connectivity index (χ1n) is 13.5. The number of nitrogens with two attached hydrogens (primary N) is 1. The van der Waals surface area contributed by atoms with E-state index in [4.69, 9.17) is 10.5 Å². The van der Waals surface area contributed by atoms with Crippen LogP contribution in [0.5, 0.6) is 0 Å². The number of anilines is 2. The second-order valence-electron chi connectivity index (χ2n) is 11.5. The fourth-order valence-electron chi connectivity index (χ4n) is 6.16. The first kappa shape index (κ1) is 26.7. The molecule has 0 saturated carbocycles. The molecule has 12 heteroatoms. The molecule has 3 aliphatic rings. The molecule has 1 amide bonds. The molecule has 2 saturated heterocycles. The van der Waals surface area contributed by atoms with Crippen LogP contribution < -0.4 is 10.6 Å². The standard InChI is InChI=1S/C28H32F3N7O2/c1-17-4-3-5-37(11-17)12-18-6-20-21(22(7-18)28(29,30)31)13-38(26(20)39)24-9-19(8-23(32)34-24)27(14-40-15-27)10-25-35-33-16-36(25)2/h6-9,16-17H,3-5,10-15H2,1-2H3,(H2,32,34). The van der Waals surface area contributed by atoms with Crippen molar-refractivity contribution in [3.8, 4) is 0 Å². The average Bonchev–Trinajstić information content (AvgIpc) is 3.42. The Balaban J connectivity index is 1.33. The third-order valence-corrected chi connectivity index (χ3v) is 8.33. The maximum atomic E-state index is 14.3. The monoisotopic (exact) mass is 555 g/mol. The van der Waals surface area contributed by atoms with Crippen molar-refractivity contribution in [3.63, 3.8) is 0 Å². The molecule has 1 aromatic carbocycles. The number of carbonyl (C=O) groups is 1. The highest BCUT2D eigenvalue weighted by Crippen LogP contribution is 2.42. The molecule has 2 fully saturated rings. The van der Waals surface area contributed by atoms with Crippen LogP contribution in [0.3, 0.4) is 0 Å². The molecule has 5 heterocycles. The van der Waals surface area contributed by atoms with Crippen molar-refractivity contribution >= 4 is 17.5 Å². The molecule has 3 aliphatic heterocycles. The van der Waals surface area contributed by atoms with E-state index in [1.165, 1.54) is 11.0 Å². The SMILES string of the molecule is CC1CCCN(Cc2cc3c(c(C(F)(F)F)c2)CN(c2cc(C4(Cc5nncn5C)COC4)cc(N)n2)C3=O)C1. The van der Waals surface area contributed by atoms with Gasteiger partial charge in [-0.3, -0.25) is 14.6 Å². The summed E-state index contributed by atoms with van der Waals surface area (Å²) in [5, 5.41) is 8.14. The molecule has 212 valence electrons. The van der Waals surface area contributed by atoms with E-state index >= 15 is 0 Å². The second kappa shape index (κ2) is 9.84. The van der Waals surface area contributed by atoms with Gasteiger partial charge < -0.3 is 15.0 Å². The summed E-state index contributed by atoms with van der Waals surface area (Å²) in [6.45, 7) is 4.78. The number of halogens is 3. The molecule has 40 heavy (non-hydrogen) atoms. The van der Waals surface area contributed by atoms with Gasteiger partial charge in [0.25, 0.3) is 5.91 Å². The molecule has 1 unspecified atom stereocenters. The summed E-state index contributed by atoms with van der Waals surface area (Å²) in [5.41, 5.74) is 6.29. The van der Waals surface area contributed by atoms with Gasteiger partial charge in [-0.15, -0.1) is 10.2 Å². The fourth-order valence-corrected chi connectivity index (χ4v) is 6.16. The average molecular weight is 556 g/mol. The summed E-state index contributed by atoms with van der Waals surface area (Å²) in [6, 6.07) is 6.29. The van der Waals surface area contributed by atoms with E-state index in [2.05, 4.69) is 27.0 Å². The van der Waals surface area contributed by atoms with Gasteiger partial charge >= 0.3 is 6.18 Å². The van der Waals surface area contributed by atoms with Crippen molar-refractivity contribution < 1.29 is 22.7 Å². The lowest BCUT2D eigenvalue weighted by Crippen LogP contribution is -2.49. The minimum Gasteiger partial charge on any atom is -0.384 e. The number of nitrogens with zero attached hydrogens (tertiary/aromatic N) is 6. The summed E-state index contributed by atoms with van der Waals surface area (Å²) >= 11 is 0. The highest BCUT2D eigenvalue weighted by molar-refractivity contribution is 6.10. The molecular formula is C28H32F3N7O2. The predicted octanol–water partition coefficient (Wildman–Crippen LogP) is 3.71. The van der Waals surface area contributed by atoms with Crippen LogP contribution in [0.1, 0.15) is 58.2 Å². The van der Waals surface area contributed by atoms with Gasteiger partial charge in [-0.1, -0.05) is 6.92 Å². The van der Waals surface area contributed by atoms with E-state index in [1.54, 1.807) is 24.5 Å². The lowest BCUT2D eigenvalue weighted by Gasteiger charge is -2.42. The van der Waals surface area contributed by atoms with Crippen LogP contribution in [0, 0.1) is 5.92 Å². The number of aryl methyl sites for hydroxylation is 1. The Hall–Kier alpha value is -3.51. The zero-order valence-electron chi connectivity index (χ0n) is 22.5. The predicted molar refractivity (Wildman–Crippen MR) is 141 cm³/mol. The van der Waals surface area contributed by atoms with Gasteiger partial charge in [-0.2, -0.15) is 13.2 Å². The number of hydrogen-bond donors (Lipinski definition) is 1. The molecule has 0 spiro atoms. The number of benzene rings is 1. The van der Waals surface area contributed by atoms with Gasteiger partial charge in [0, 0.05) is 37.5 Å². The third-order valence-electron chi connectivity index (χ3n) is 8.33. The molecular weight excluding hydrogens is 523 g/mol. The van der Waals surface area contributed by atoms with E-state index < -0.39 is 23.1 Å². The van der Waals surface area contributed by atoms with Crippen LogP contribution in [0.4, 0.5) is 24.8 Å². The van der Waals surface area contributed by atoms with Crippen molar-refractivity contribution in [1.82, 2.24) is 24.6 Å². The molecule has 0 bridgehead atoms. The van der Waals surface area contributed by atoms with Crippen LogP contribution in [0.25, 0.3) is 0 Å². The van der Waals surface area contributed by atoms with Crippen molar-refractivity contribution in [2.24, 2.45) is 13.0 Å². The number of amides is 1. The molecule has 6 rings (SSSR count). The Labute approximate surface area is 230 Å². The first-order valence-corrected chi connectivity index (χ1v) is 13.5. The third kappa shape index (κ3) is 4.83. The Kier molecular flexibility index (Phi) is 6.57. The topological polar surface area (TPSA) is 102 Å². The first-order chi connectivity index (χ1) is 19.0. The number of aromatic nitrogens is 4. The van der Waals surface area contributed by atoms with E-state index in [1.807, 2.05) is 11.6 Å². The number of hydrogen-bond acceptors (Lipinski definition) is 7. The number of fused-ring (bicyclic) bond motifs is 1. The summed E-state index contributed by atoms with van der Waals surface area (Å²) in [7, 11) is 1.85. The molecule has 3 aromatic rings. The van der Waals surface area contributed by atoms with Crippen LogP contribution in [0.2, 0.25) is 0 Å². The smallest absolute Gasteiger partial charge is 0.384 e. The second-order valence-corrected chi connectivity index (χ2v) is 11.5. The Morgan fingerprint density at radius 1 is 1.20 bits per heavy atom. The normalized spacial score (nSPS) is 21.0. The molecule has 2 aromatic heterocycles. The van der Waals surface area contributed by atoms with Crippen molar-refractivity contribution in [2.45, 2.75) is 50.9 Å². The fraction of sp³-hybridized carbons (Fsp3) is 0.500. The maximum Gasteiger partial charge on any atom is 0.416 e. The number of pyridine rings is 1. The summed E-state index contributed by atoms with van der Waals surface area (Å²) in [4.78, 5) is 21.5. The van der Waals surface area contributed by atoms with Crippen molar-refractivity contribution in [3.05, 3.63) is 64.2 Å². The van der Waals surface area contributed by atoms with E-state index in [0.717, 1.165) is 37.3 Å². The number of rotatable bonds is 6. The van der Waals surface area contributed by atoms with Gasteiger partial charge in [-0.25, -0.2) is 4.98 Å². The van der Waals surface area contributed by atoms with Crippen LogP contribution in [0.15, 0.2) is 30.6 Å². The highest BCUT2D eigenvalue weighted by Gasteiger charge is 2.44. The van der Waals surface area contributed by atoms with E-state index in [9.17, 15) is 18.0 Å². The number of piperidine rings is 1. The maximum absolute atomic E-state index is 14.3. The summed E-state index contributed by atoms with van der Waals surface area (Å²) < 4.78 is 50.2. The zero-order valence-corrected chi connectivity index (χ0v) is 22.5. The van der Waals surface area contributed by atoms with Crippen LogP contribution >= 0.6 is 0 Å². The number of alkyl halides is 3. The minimum absolute atomic E-state index is 0.0280. The molecule has 0 radical (unpaired) electrons. The zero-order chi connectivity index (χ0) is 28.2. The minimum atomic E-state index is -4.59. The Bertz CT molecular complexity index is 1450. The van der Waals surface area contributed by atoms with E-state index in [0.29, 0.717) is 37.7 Å². The van der Waals surface area contributed by atoms with Gasteiger partial charge in [-0.05, 0) is 66.3 Å². The Morgan fingerprint density at radius 2 is 2.00 bits per heavy atom. The van der Waals surface area contributed by atoms with E-state index in [-0.39, 0.29) is 29.3 Å². The molecule has 9 nitrogen and oxygen atoms in total. The lowest BCUT2D eigenvalue weighted by molar-refractivity contribution is -0.138. The van der Waals surface area contributed by atoms with Crippen LogP contribution in [-0.4, -0.2) is 56.9 Å². The van der Waals surface area contributed by atoms with Gasteiger partial charge in [0.15, 0.2) is 0 Å². The largest absolute Gasteiger partial charge is 0.416 e. The van der Waals surface area contributed by atoms with Gasteiger partial charge in [0.2, 0.25) is 0 Å². The summed E-state index contributed by atoms with van der Waals surface area (Å²) in [5.74, 6) is 1.14. The van der Waals surface area contributed by atoms with Gasteiger partial charge in [0.05, 0.1) is 25.3 Å². The molecule has 2 N–H and O–H groups in total.